The number of carbonyl (C=O) groups is 1. The first kappa shape index (κ1) is 15.5. The number of nitrogens with one attached hydrogen (secondary N) is 2. The summed E-state index contributed by atoms with van der Waals surface area (Å²) in [6.07, 6.45) is 6.20. The maximum Gasteiger partial charge on any atom is 0.407 e. The van der Waals surface area contributed by atoms with Crippen molar-refractivity contribution < 1.29 is 9.53 Å². The van der Waals surface area contributed by atoms with Crippen LogP contribution in [0.25, 0.3) is 0 Å². The van der Waals surface area contributed by atoms with Crippen LogP contribution in [0.3, 0.4) is 0 Å². The van der Waals surface area contributed by atoms with Crippen molar-refractivity contribution in [3.05, 3.63) is 18.7 Å². The van der Waals surface area contributed by atoms with Crippen LogP contribution in [0.1, 0.15) is 27.2 Å². The van der Waals surface area contributed by atoms with Gasteiger partial charge in [0.25, 0.3) is 0 Å². The number of ether oxygens (including phenoxy) is 1. The second kappa shape index (κ2) is 7.78. The van der Waals surface area contributed by atoms with Crippen LogP contribution >= 0.6 is 0 Å². The van der Waals surface area contributed by atoms with E-state index in [0.717, 1.165) is 26.1 Å². The Hall–Kier alpha value is -1.56. The molecule has 108 valence electrons. The fraction of sp³-hybridized carbons (Fsp3) is 0.692. The summed E-state index contributed by atoms with van der Waals surface area (Å²) >= 11 is 0. The molecule has 0 aliphatic carbocycles. The second-order valence-corrected chi connectivity index (χ2v) is 5.33. The number of hydrogen-bond donors (Lipinski definition) is 2. The molecule has 1 aromatic rings. The quantitative estimate of drug-likeness (QED) is 0.733. The monoisotopic (exact) mass is 268 g/mol. The first-order valence-electron chi connectivity index (χ1n) is 6.61. The predicted molar refractivity (Wildman–Crippen MR) is 74.0 cm³/mol. The van der Waals surface area contributed by atoms with Gasteiger partial charge in [-0.15, -0.1) is 0 Å². The number of amides is 1. The van der Waals surface area contributed by atoms with Crippen LogP contribution in [0.15, 0.2) is 18.7 Å². The highest BCUT2D eigenvalue weighted by molar-refractivity contribution is 5.67. The molecule has 0 bridgehead atoms. The largest absolute Gasteiger partial charge is 0.444 e. The summed E-state index contributed by atoms with van der Waals surface area (Å²) in [5.74, 6) is 0. The number of aryl methyl sites for hydroxylation is 1. The third kappa shape index (κ3) is 8.20. The molecule has 6 nitrogen and oxygen atoms in total. The van der Waals surface area contributed by atoms with E-state index in [1.165, 1.54) is 0 Å². The van der Waals surface area contributed by atoms with Crippen molar-refractivity contribution in [2.24, 2.45) is 0 Å². The normalized spacial score (nSPS) is 11.3. The maximum absolute atomic E-state index is 11.3. The summed E-state index contributed by atoms with van der Waals surface area (Å²) in [6, 6.07) is 0. The summed E-state index contributed by atoms with van der Waals surface area (Å²) in [6.45, 7) is 8.71. The van der Waals surface area contributed by atoms with Crippen molar-refractivity contribution in [1.82, 2.24) is 20.2 Å². The molecule has 0 saturated heterocycles. The van der Waals surface area contributed by atoms with Gasteiger partial charge in [0.2, 0.25) is 0 Å². The molecule has 0 unspecified atom stereocenters. The van der Waals surface area contributed by atoms with E-state index in [4.69, 9.17) is 4.74 Å². The van der Waals surface area contributed by atoms with Gasteiger partial charge in [-0.3, -0.25) is 0 Å². The Morgan fingerprint density at radius 1 is 1.32 bits per heavy atom. The molecule has 2 N–H and O–H groups in total. The molecule has 0 atom stereocenters. The van der Waals surface area contributed by atoms with E-state index in [-0.39, 0.29) is 6.09 Å². The minimum Gasteiger partial charge on any atom is -0.444 e. The minimum atomic E-state index is -0.442. The van der Waals surface area contributed by atoms with Gasteiger partial charge in [0.15, 0.2) is 0 Å². The number of carbonyl (C=O) groups excluding carboxylic acids is 1. The number of alkyl carbamates (subject to hydrolysis) is 1. The first-order chi connectivity index (χ1) is 8.97. The van der Waals surface area contributed by atoms with E-state index in [0.29, 0.717) is 6.54 Å². The van der Waals surface area contributed by atoms with Crippen LogP contribution in [0.2, 0.25) is 0 Å². The molecule has 0 aliphatic rings. The molecule has 0 fully saturated rings. The Bertz CT molecular complexity index is 357. The first-order valence-corrected chi connectivity index (χ1v) is 6.61. The number of hydrogen-bond acceptors (Lipinski definition) is 4. The van der Waals surface area contributed by atoms with E-state index in [2.05, 4.69) is 15.6 Å². The van der Waals surface area contributed by atoms with E-state index in [1.807, 2.05) is 37.9 Å². The van der Waals surface area contributed by atoms with Gasteiger partial charge < -0.3 is 19.9 Å². The topological polar surface area (TPSA) is 68.2 Å². The number of aromatic nitrogens is 2. The standard InChI is InChI=1S/C13H24N4O2/c1-13(2,3)19-12(18)16-7-6-14-5-4-9-17-10-8-15-11-17/h8,10-11,14H,4-7,9H2,1-3H3,(H,16,18). The molecule has 6 heteroatoms. The molecule has 0 aromatic carbocycles. The lowest BCUT2D eigenvalue weighted by Crippen LogP contribution is -2.36. The van der Waals surface area contributed by atoms with Crippen molar-refractivity contribution in [2.75, 3.05) is 19.6 Å². The summed E-state index contributed by atoms with van der Waals surface area (Å²) in [5.41, 5.74) is -0.442. The molecule has 1 rings (SSSR count). The summed E-state index contributed by atoms with van der Waals surface area (Å²) in [4.78, 5) is 15.3. The highest BCUT2D eigenvalue weighted by atomic mass is 16.6. The summed E-state index contributed by atoms with van der Waals surface area (Å²) in [5, 5.41) is 5.97. The highest BCUT2D eigenvalue weighted by Crippen LogP contribution is 2.05. The lowest BCUT2D eigenvalue weighted by Gasteiger charge is -2.19. The van der Waals surface area contributed by atoms with Gasteiger partial charge in [-0.25, -0.2) is 9.78 Å². The Labute approximate surface area is 114 Å². The number of nitrogens with zero attached hydrogens (tertiary/aromatic N) is 2. The van der Waals surface area contributed by atoms with Gasteiger partial charge in [-0.1, -0.05) is 0 Å². The minimum absolute atomic E-state index is 0.368. The molecule has 1 aromatic heterocycles. The average molecular weight is 268 g/mol. The Kier molecular flexibility index (Phi) is 6.35. The number of rotatable bonds is 7. The Morgan fingerprint density at radius 3 is 2.74 bits per heavy atom. The molecule has 0 spiro atoms. The lowest BCUT2D eigenvalue weighted by atomic mass is 10.2. The van der Waals surface area contributed by atoms with Crippen molar-refractivity contribution in [3.8, 4) is 0 Å². The molecular formula is C13H24N4O2. The zero-order valence-electron chi connectivity index (χ0n) is 12.0. The van der Waals surface area contributed by atoms with Crippen LogP contribution < -0.4 is 10.6 Å². The second-order valence-electron chi connectivity index (χ2n) is 5.33. The number of imidazole rings is 1. The van der Waals surface area contributed by atoms with Gasteiger partial charge in [0.05, 0.1) is 6.33 Å². The van der Waals surface area contributed by atoms with Crippen LogP contribution in [0, 0.1) is 0 Å². The van der Waals surface area contributed by atoms with E-state index in [1.54, 1.807) is 6.20 Å². The summed E-state index contributed by atoms with van der Waals surface area (Å²) in [7, 11) is 0. The van der Waals surface area contributed by atoms with Crippen LogP contribution in [0.5, 0.6) is 0 Å². The third-order valence-corrected chi connectivity index (χ3v) is 2.30. The van der Waals surface area contributed by atoms with Crippen molar-refractivity contribution >= 4 is 6.09 Å². The van der Waals surface area contributed by atoms with E-state index in [9.17, 15) is 4.79 Å². The SMILES string of the molecule is CC(C)(C)OC(=O)NCCNCCCn1ccnc1. The fourth-order valence-electron chi connectivity index (χ4n) is 1.50. The predicted octanol–water partition coefficient (Wildman–Crippen LogP) is 1.39. The average Bonchev–Trinajstić information content (AvgIpc) is 2.78. The maximum atomic E-state index is 11.3. The molecular weight excluding hydrogens is 244 g/mol. The highest BCUT2D eigenvalue weighted by Gasteiger charge is 2.15. The lowest BCUT2D eigenvalue weighted by molar-refractivity contribution is 0.0528. The fourth-order valence-corrected chi connectivity index (χ4v) is 1.50. The Balaban J connectivity index is 1.92. The van der Waals surface area contributed by atoms with Crippen molar-refractivity contribution in [2.45, 2.75) is 39.3 Å². The van der Waals surface area contributed by atoms with Crippen LogP contribution in [-0.2, 0) is 11.3 Å². The van der Waals surface area contributed by atoms with E-state index < -0.39 is 5.60 Å². The van der Waals surface area contributed by atoms with Gasteiger partial charge in [-0.05, 0) is 33.7 Å². The van der Waals surface area contributed by atoms with Gasteiger partial charge in [-0.2, -0.15) is 0 Å². The molecule has 1 amide bonds. The molecule has 0 saturated carbocycles. The molecule has 0 radical (unpaired) electrons. The smallest absolute Gasteiger partial charge is 0.407 e. The third-order valence-electron chi connectivity index (χ3n) is 2.30. The molecule has 19 heavy (non-hydrogen) atoms. The van der Waals surface area contributed by atoms with Crippen LogP contribution in [0.4, 0.5) is 4.79 Å². The van der Waals surface area contributed by atoms with Crippen molar-refractivity contribution in [3.63, 3.8) is 0 Å². The zero-order valence-corrected chi connectivity index (χ0v) is 12.0. The Morgan fingerprint density at radius 2 is 2.11 bits per heavy atom. The van der Waals surface area contributed by atoms with E-state index >= 15 is 0 Å². The molecule has 1 heterocycles. The van der Waals surface area contributed by atoms with Crippen molar-refractivity contribution in [1.29, 1.82) is 0 Å². The van der Waals surface area contributed by atoms with Gasteiger partial charge in [0.1, 0.15) is 5.60 Å². The van der Waals surface area contributed by atoms with Gasteiger partial charge in [0, 0.05) is 32.0 Å². The summed E-state index contributed by atoms with van der Waals surface area (Å²) < 4.78 is 7.17. The van der Waals surface area contributed by atoms with Crippen LogP contribution in [-0.4, -0.2) is 40.9 Å². The zero-order chi connectivity index (χ0) is 14.1. The van der Waals surface area contributed by atoms with Gasteiger partial charge >= 0.3 is 6.09 Å². The molecule has 0 aliphatic heterocycles.